The van der Waals surface area contributed by atoms with Gasteiger partial charge < -0.3 is 14.5 Å². The van der Waals surface area contributed by atoms with Gasteiger partial charge in [0.1, 0.15) is 17.3 Å². The van der Waals surface area contributed by atoms with Crippen LogP contribution in [0.4, 0.5) is 5.69 Å². The van der Waals surface area contributed by atoms with E-state index in [2.05, 4.69) is 10.00 Å². The molecule has 1 fully saturated rings. The molecule has 2 aliphatic heterocycles. The molecule has 0 aliphatic carbocycles. The fourth-order valence-corrected chi connectivity index (χ4v) is 4.61. The smallest absolute Gasteiger partial charge is 0.277 e. The Balaban J connectivity index is 1.43. The number of carbonyl (C=O) groups is 1. The maximum atomic E-state index is 13.6. The first-order valence-corrected chi connectivity index (χ1v) is 11.1. The van der Waals surface area contributed by atoms with Crippen LogP contribution in [0.25, 0.3) is 5.69 Å². The Kier molecular flexibility index (Phi) is 5.17. The predicted octanol–water partition coefficient (Wildman–Crippen LogP) is 3.81. The Morgan fingerprint density at radius 3 is 2.28 bits per heavy atom. The zero-order chi connectivity index (χ0) is 22.2. The van der Waals surface area contributed by atoms with Crippen molar-refractivity contribution >= 4 is 17.4 Å². The summed E-state index contributed by atoms with van der Waals surface area (Å²) in [5, 5.41) is 13.1. The lowest BCUT2D eigenvalue weighted by Gasteiger charge is -2.28. The number of hydrogen-bond donors (Lipinski definition) is 1. The Labute approximate surface area is 187 Å². The lowest BCUT2D eigenvalue weighted by atomic mass is 10.0. The lowest BCUT2D eigenvalue weighted by molar-refractivity contribution is 0.0973. The molecule has 32 heavy (non-hydrogen) atoms. The molecule has 1 aromatic heterocycles. The number of rotatable bonds is 4. The van der Waals surface area contributed by atoms with E-state index in [0.717, 1.165) is 66.3 Å². The van der Waals surface area contributed by atoms with Gasteiger partial charge in [0.05, 0.1) is 18.5 Å². The summed E-state index contributed by atoms with van der Waals surface area (Å²) in [5.74, 6) is 1.28. The maximum Gasteiger partial charge on any atom is 0.277 e. The monoisotopic (exact) mass is 429 g/mol. The number of amidine groups is 1. The van der Waals surface area contributed by atoms with Crippen molar-refractivity contribution in [1.82, 2.24) is 14.7 Å². The molecule has 0 saturated carbocycles. The van der Waals surface area contributed by atoms with Crippen molar-refractivity contribution in [2.75, 3.05) is 31.6 Å². The summed E-state index contributed by atoms with van der Waals surface area (Å²) in [6.07, 6.45) is 3.05. The van der Waals surface area contributed by atoms with E-state index in [0.29, 0.717) is 18.1 Å². The summed E-state index contributed by atoms with van der Waals surface area (Å²) in [6, 6.07) is 15.4. The van der Waals surface area contributed by atoms with Crippen molar-refractivity contribution in [2.45, 2.75) is 26.2 Å². The van der Waals surface area contributed by atoms with Crippen molar-refractivity contribution in [3.63, 3.8) is 0 Å². The number of nitrogens with one attached hydrogen (secondary N) is 1. The number of hydrogen-bond acceptors (Lipinski definition) is 4. The molecule has 1 N–H and O–H groups in total. The van der Waals surface area contributed by atoms with Gasteiger partial charge in [0, 0.05) is 36.4 Å². The van der Waals surface area contributed by atoms with Crippen LogP contribution < -0.4 is 9.64 Å². The molecule has 5 rings (SSSR count). The van der Waals surface area contributed by atoms with Gasteiger partial charge in [-0.25, -0.2) is 4.68 Å². The Hall–Kier alpha value is -3.61. The zero-order valence-corrected chi connectivity index (χ0v) is 18.5. The molecule has 0 bridgehead atoms. The van der Waals surface area contributed by atoms with E-state index in [1.165, 1.54) is 0 Å². The maximum absolute atomic E-state index is 13.6. The molecular formula is C25H27N5O2. The summed E-state index contributed by atoms with van der Waals surface area (Å²) in [6.45, 7) is 4.47. The van der Waals surface area contributed by atoms with E-state index in [1.807, 2.05) is 60.4 Å². The van der Waals surface area contributed by atoms with Crippen LogP contribution in [0.5, 0.6) is 5.75 Å². The highest BCUT2D eigenvalue weighted by Crippen LogP contribution is 2.29. The number of carbonyl (C=O) groups excluding carboxylic acids is 1. The number of likely N-dealkylation sites (tertiary alicyclic amines) is 1. The number of amides is 1. The second-order valence-corrected chi connectivity index (χ2v) is 8.32. The largest absolute Gasteiger partial charge is 0.497 e. The van der Waals surface area contributed by atoms with Crippen LogP contribution in [0.3, 0.4) is 0 Å². The summed E-state index contributed by atoms with van der Waals surface area (Å²) in [4.78, 5) is 17.5. The average molecular weight is 430 g/mol. The van der Waals surface area contributed by atoms with Crippen molar-refractivity contribution in [3.8, 4) is 11.4 Å². The number of benzene rings is 2. The van der Waals surface area contributed by atoms with Gasteiger partial charge in [0.25, 0.3) is 5.91 Å². The summed E-state index contributed by atoms with van der Waals surface area (Å²) in [5.41, 5.74) is 5.08. The van der Waals surface area contributed by atoms with Crippen molar-refractivity contribution < 1.29 is 9.53 Å². The fourth-order valence-electron chi connectivity index (χ4n) is 4.61. The Morgan fingerprint density at radius 2 is 1.62 bits per heavy atom. The molecule has 0 atom stereocenters. The van der Waals surface area contributed by atoms with Crippen LogP contribution in [-0.4, -0.2) is 53.2 Å². The van der Waals surface area contributed by atoms with E-state index in [1.54, 1.807) is 11.8 Å². The number of anilines is 1. The molecule has 0 radical (unpaired) electrons. The molecular weight excluding hydrogens is 402 g/mol. The van der Waals surface area contributed by atoms with E-state index < -0.39 is 0 Å². The molecule has 2 aliphatic rings. The molecule has 1 saturated heterocycles. The number of fused-ring (bicyclic) bond motifs is 1. The minimum absolute atomic E-state index is 0.0509. The highest BCUT2D eigenvalue weighted by Gasteiger charge is 2.32. The molecule has 3 heterocycles. The molecule has 7 heteroatoms. The third kappa shape index (κ3) is 3.43. The van der Waals surface area contributed by atoms with Gasteiger partial charge in [-0.3, -0.25) is 10.2 Å². The number of ether oxygens (including phenoxy) is 1. The van der Waals surface area contributed by atoms with Crippen LogP contribution >= 0.6 is 0 Å². The SMILES string of the molecule is COc1ccc(-n2nc(C)c3c2C(=O)N(c2ccc(C(=N)N4CCCC4)cc2)CC3)cc1. The van der Waals surface area contributed by atoms with Crippen molar-refractivity contribution in [2.24, 2.45) is 0 Å². The van der Waals surface area contributed by atoms with E-state index in [-0.39, 0.29) is 5.91 Å². The van der Waals surface area contributed by atoms with Gasteiger partial charge in [0.2, 0.25) is 0 Å². The second-order valence-electron chi connectivity index (χ2n) is 8.32. The van der Waals surface area contributed by atoms with Crippen LogP contribution in [0.1, 0.15) is 40.2 Å². The van der Waals surface area contributed by atoms with Crippen LogP contribution in [0, 0.1) is 12.3 Å². The molecule has 3 aromatic rings. The second kappa shape index (κ2) is 8.15. The third-order valence-electron chi connectivity index (χ3n) is 6.41. The predicted molar refractivity (Wildman–Crippen MR) is 124 cm³/mol. The number of aryl methyl sites for hydroxylation is 1. The molecule has 7 nitrogen and oxygen atoms in total. The van der Waals surface area contributed by atoms with Crippen LogP contribution in [0.15, 0.2) is 48.5 Å². The number of methoxy groups -OCH3 is 1. The van der Waals surface area contributed by atoms with Gasteiger partial charge >= 0.3 is 0 Å². The summed E-state index contributed by atoms with van der Waals surface area (Å²) >= 11 is 0. The normalized spacial score (nSPS) is 15.8. The molecule has 1 amide bonds. The first kappa shape index (κ1) is 20.3. The van der Waals surface area contributed by atoms with Crippen molar-refractivity contribution in [1.29, 1.82) is 5.41 Å². The molecule has 0 unspecified atom stereocenters. The third-order valence-corrected chi connectivity index (χ3v) is 6.41. The van der Waals surface area contributed by atoms with Crippen molar-refractivity contribution in [3.05, 3.63) is 71.0 Å². The quantitative estimate of drug-likeness (QED) is 0.506. The highest BCUT2D eigenvalue weighted by molar-refractivity contribution is 6.08. The zero-order valence-electron chi connectivity index (χ0n) is 18.5. The van der Waals surface area contributed by atoms with Crippen LogP contribution in [0.2, 0.25) is 0 Å². The number of nitrogens with zero attached hydrogens (tertiary/aromatic N) is 4. The first-order chi connectivity index (χ1) is 15.6. The summed E-state index contributed by atoms with van der Waals surface area (Å²) < 4.78 is 7.00. The minimum Gasteiger partial charge on any atom is -0.497 e. The number of aromatic nitrogens is 2. The standard InChI is InChI=1S/C25H27N5O2/c1-17-22-13-16-29(19-7-5-18(6-8-19)24(26)28-14-3-4-15-28)25(31)23(22)30(27-17)20-9-11-21(32-2)12-10-20/h5-12,26H,3-4,13-16H2,1-2H3. The summed E-state index contributed by atoms with van der Waals surface area (Å²) in [7, 11) is 1.63. The average Bonchev–Trinajstić information content (AvgIpc) is 3.48. The van der Waals surface area contributed by atoms with E-state index in [4.69, 9.17) is 10.1 Å². The minimum atomic E-state index is -0.0509. The van der Waals surface area contributed by atoms with Gasteiger partial charge in [-0.2, -0.15) is 5.10 Å². The highest BCUT2D eigenvalue weighted by atomic mass is 16.5. The van der Waals surface area contributed by atoms with Gasteiger partial charge in [-0.05, 0) is 74.7 Å². The topological polar surface area (TPSA) is 74.5 Å². The first-order valence-electron chi connectivity index (χ1n) is 11.1. The van der Waals surface area contributed by atoms with E-state index >= 15 is 0 Å². The van der Waals surface area contributed by atoms with Gasteiger partial charge in [0.15, 0.2) is 0 Å². The molecule has 164 valence electrons. The van der Waals surface area contributed by atoms with Crippen LogP contribution in [-0.2, 0) is 6.42 Å². The molecule has 0 spiro atoms. The fraction of sp³-hybridized carbons (Fsp3) is 0.320. The van der Waals surface area contributed by atoms with Gasteiger partial charge in [-0.1, -0.05) is 0 Å². The molecule has 2 aromatic carbocycles. The van der Waals surface area contributed by atoms with E-state index in [9.17, 15) is 4.79 Å². The lowest BCUT2D eigenvalue weighted by Crippen LogP contribution is -2.38. The van der Waals surface area contributed by atoms with Gasteiger partial charge in [-0.15, -0.1) is 0 Å². The Bertz CT molecular complexity index is 1160. The Morgan fingerprint density at radius 1 is 0.969 bits per heavy atom.